The molecule has 1 aromatic heterocycles. The number of carbonyl (C=O) groups is 1. The van der Waals surface area contributed by atoms with Crippen molar-refractivity contribution in [3.63, 3.8) is 0 Å². The van der Waals surface area contributed by atoms with Crippen molar-refractivity contribution in [2.45, 2.75) is 19.9 Å². The molecular formula is C8H9N3OS. The van der Waals surface area contributed by atoms with Crippen molar-refractivity contribution in [1.29, 1.82) is 5.26 Å². The van der Waals surface area contributed by atoms with E-state index < -0.39 is 6.04 Å². The third-order valence-corrected chi connectivity index (χ3v) is 2.30. The van der Waals surface area contributed by atoms with Crippen molar-refractivity contribution in [2.75, 3.05) is 0 Å². The molecular weight excluding hydrogens is 186 g/mol. The number of carbonyl (C=O) groups excluding carboxylic acids is 1. The SMILES string of the molecule is Cc1ncc(C(=O)N[C@H](C)C#N)s1. The summed E-state index contributed by atoms with van der Waals surface area (Å²) in [4.78, 5) is 15.8. The van der Waals surface area contributed by atoms with Gasteiger partial charge < -0.3 is 5.32 Å². The summed E-state index contributed by atoms with van der Waals surface area (Å²) in [7, 11) is 0. The van der Waals surface area contributed by atoms with Crippen molar-refractivity contribution in [3.05, 3.63) is 16.1 Å². The maximum Gasteiger partial charge on any atom is 0.264 e. The molecule has 0 aliphatic rings. The number of amides is 1. The lowest BCUT2D eigenvalue weighted by atomic mass is 10.3. The van der Waals surface area contributed by atoms with E-state index in [-0.39, 0.29) is 5.91 Å². The first-order chi connectivity index (χ1) is 6.13. The highest BCUT2D eigenvalue weighted by Crippen LogP contribution is 2.10. The first-order valence-electron chi connectivity index (χ1n) is 3.76. The van der Waals surface area contributed by atoms with E-state index in [0.29, 0.717) is 4.88 Å². The molecule has 0 aliphatic heterocycles. The van der Waals surface area contributed by atoms with Crippen LogP contribution in [0, 0.1) is 18.3 Å². The van der Waals surface area contributed by atoms with E-state index in [4.69, 9.17) is 5.26 Å². The molecule has 1 amide bonds. The number of rotatable bonds is 2. The minimum absolute atomic E-state index is 0.236. The molecule has 1 heterocycles. The van der Waals surface area contributed by atoms with Crippen LogP contribution in [0.15, 0.2) is 6.20 Å². The lowest BCUT2D eigenvalue weighted by Crippen LogP contribution is -2.30. The number of aromatic nitrogens is 1. The second kappa shape index (κ2) is 4.01. The number of hydrogen-bond acceptors (Lipinski definition) is 4. The van der Waals surface area contributed by atoms with E-state index >= 15 is 0 Å². The largest absolute Gasteiger partial charge is 0.336 e. The zero-order chi connectivity index (χ0) is 9.84. The van der Waals surface area contributed by atoms with Crippen LogP contribution in [0.25, 0.3) is 0 Å². The molecule has 0 aliphatic carbocycles. The molecule has 0 spiro atoms. The number of thiazole rings is 1. The van der Waals surface area contributed by atoms with Crippen molar-refractivity contribution < 1.29 is 4.79 Å². The first-order valence-corrected chi connectivity index (χ1v) is 4.58. The Bertz CT molecular complexity index is 353. The van der Waals surface area contributed by atoms with Crippen LogP contribution in [0.2, 0.25) is 0 Å². The van der Waals surface area contributed by atoms with Gasteiger partial charge in [0.1, 0.15) is 10.9 Å². The molecule has 1 rings (SSSR count). The lowest BCUT2D eigenvalue weighted by molar-refractivity contribution is 0.0951. The summed E-state index contributed by atoms with van der Waals surface area (Å²) in [6, 6.07) is 1.46. The average molecular weight is 195 g/mol. The van der Waals surface area contributed by atoms with Gasteiger partial charge in [0.2, 0.25) is 0 Å². The van der Waals surface area contributed by atoms with E-state index in [0.717, 1.165) is 5.01 Å². The quantitative estimate of drug-likeness (QED) is 0.768. The van der Waals surface area contributed by atoms with Crippen molar-refractivity contribution in [2.24, 2.45) is 0 Å². The standard InChI is InChI=1S/C8H9N3OS/c1-5(3-9)11-8(12)7-4-10-6(2)13-7/h4-5H,1-2H3,(H,11,12)/t5-/m1/s1. The number of nitriles is 1. The highest BCUT2D eigenvalue weighted by atomic mass is 32.1. The van der Waals surface area contributed by atoms with Gasteiger partial charge in [-0.25, -0.2) is 4.98 Å². The number of nitrogens with zero attached hydrogens (tertiary/aromatic N) is 2. The normalized spacial score (nSPS) is 11.8. The van der Waals surface area contributed by atoms with E-state index in [1.165, 1.54) is 17.5 Å². The monoisotopic (exact) mass is 195 g/mol. The Morgan fingerprint density at radius 1 is 1.85 bits per heavy atom. The summed E-state index contributed by atoms with van der Waals surface area (Å²) in [6.45, 7) is 3.46. The zero-order valence-electron chi connectivity index (χ0n) is 7.37. The number of aryl methyl sites for hydroxylation is 1. The first kappa shape index (κ1) is 9.68. The molecule has 0 unspecified atom stereocenters. The average Bonchev–Trinajstić information content (AvgIpc) is 2.51. The molecule has 4 nitrogen and oxygen atoms in total. The molecule has 13 heavy (non-hydrogen) atoms. The van der Waals surface area contributed by atoms with Gasteiger partial charge in [0.05, 0.1) is 17.3 Å². The van der Waals surface area contributed by atoms with Gasteiger partial charge in [0.15, 0.2) is 0 Å². The van der Waals surface area contributed by atoms with E-state index in [1.807, 2.05) is 13.0 Å². The molecule has 0 saturated heterocycles. The smallest absolute Gasteiger partial charge is 0.264 e. The molecule has 0 bridgehead atoms. The molecule has 1 N–H and O–H groups in total. The molecule has 0 saturated carbocycles. The van der Waals surface area contributed by atoms with E-state index in [9.17, 15) is 4.79 Å². The number of hydrogen-bond donors (Lipinski definition) is 1. The van der Waals surface area contributed by atoms with Crippen molar-refractivity contribution in [1.82, 2.24) is 10.3 Å². The topological polar surface area (TPSA) is 65.8 Å². The van der Waals surface area contributed by atoms with Crippen LogP contribution in [-0.4, -0.2) is 16.9 Å². The van der Waals surface area contributed by atoms with Crippen LogP contribution in [0.5, 0.6) is 0 Å². The molecule has 0 radical (unpaired) electrons. The van der Waals surface area contributed by atoms with Crippen LogP contribution >= 0.6 is 11.3 Å². The second-order valence-electron chi connectivity index (χ2n) is 2.57. The predicted molar refractivity (Wildman–Crippen MR) is 49.4 cm³/mol. The van der Waals surface area contributed by atoms with Gasteiger partial charge in [0, 0.05) is 0 Å². The molecule has 5 heteroatoms. The van der Waals surface area contributed by atoms with E-state index in [2.05, 4.69) is 10.3 Å². The van der Waals surface area contributed by atoms with Gasteiger partial charge in [-0.15, -0.1) is 11.3 Å². The molecule has 1 atom stereocenters. The fourth-order valence-electron chi connectivity index (χ4n) is 0.766. The summed E-state index contributed by atoms with van der Waals surface area (Å²) in [6.07, 6.45) is 1.51. The molecule has 0 aromatic carbocycles. The second-order valence-corrected chi connectivity index (χ2v) is 3.80. The third kappa shape index (κ3) is 2.53. The Labute approximate surface area is 80.2 Å². The maximum absolute atomic E-state index is 11.3. The number of nitrogens with one attached hydrogen (secondary N) is 1. The van der Waals surface area contributed by atoms with Crippen LogP contribution in [0.4, 0.5) is 0 Å². The fourth-order valence-corrected chi connectivity index (χ4v) is 1.45. The highest BCUT2D eigenvalue weighted by molar-refractivity contribution is 7.13. The van der Waals surface area contributed by atoms with Gasteiger partial charge in [0.25, 0.3) is 5.91 Å². The van der Waals surface area contributed by atoms with Gasteiger partial charge in [-0.05, 0) is 13.8 Å². The van der Waals surface area contributed by atoms with Crippen molar-refractivity contribution >= 4 is 17.2 Å². The van der Waals surface area contributed by atoms with Gasteiger partial charge >= 0.3 is 0 Å². The summed E-state index contributed by atoms with van der Waals surface area (Å²) in [5.74, 6) is -0.236. The van der Waals surface area contributed by atoms with Gasteiger partial charge in [-0.3, -0.25) is 4.79 Å². The molecule has 1 aromatic rings. The predicted octanol–water partition coefficient (Wildman–Crippen LogP) is 1.09. The molecule has 0 fully saturated rings. The van der Waals surface area contributed by atoms with Crippen LogP contribution in [0.1, 0.15) is 21.6 Å². The van der Waals surface area contributed by atoms with Crippen molar-refractivity contribution in [3.8, 4) is 6.07 Å². The Morgan fingerprint density at radius 3 is 3.00 bits per heavy atom. The zero-order valence-corrected chi connectivity index (χ0v) is 8.18. The Hall–Kier alpha value is -1.41. The summed E-state index contributed by atoms with van der Waals surface area (Å²) >= 11 is 1.32. The summed E-state index contributed by atoms with van der Waals surface area (Å²) in [5, 5.41) is 11.8. The Kier molecular flexibility index (Phi) is 2.98. The molecule has 68 valence electrons. The highest BCUT2D eigenvalue weighted by Gasteiger charge is 2.10. The lowest BCUT2D eigenvalue weighted by Gasteiger charge is -2.02. The van der Waals surface area contributed by atoms with Crippen LogP contribution in [-0.2, 0) is 0 Å². The third-order valence-electron chi connectivity index (χ3n) is 1.39. The van der Waals surface area contributed by atoms with Gasteiger partial charge in [-0.2, -0.15) is 5.26 Å². The fraction of sp³-hybridized carbons (Fsp3) is 0.375. The van der Waals surface area contributed by atoms with E-state index in [1.54, 1.807) is 6.92 Å². The summed E-state index contributed by atoms with van der Waals surface area (Å²) < 4.78 is 0. The van der Waals surface area contributed by atoms with Gasteiger partial charge in [-0.1, -0.05) is 0 Å². The summed E-state index contributed by atoms with van der Waals surface area (Å²) in [5.41, 5.74) is 0. The minimum Gasteiger partial charge on any atom is -0.336 e. The maximum atomic E-state index is 11.3. The van der Waals surface area contributed by atoms with Crippen LogP contribution in [0.3, 0.4) is 0 Å². The minimum atomic E-state index is -0.463. The Balaban J connectivity index is 2.65. The Morgan fingerprint density at radius 2 is 2.54 bits per heavy atom. The van der Waals surface area contributed by atoms with Crippen LogP contribution < -0.4 is 5.32 Å².